The van der Waals surface area contributed by atoms with Crippen LogP contribution in [0.4, 0.5) is 11.4 Å². The molecule has 5 saturated heterocycles. The van der Waals surface area contributed by atoms with Gasteiger partial charge in [-0.3, -0.25) is 14.7 Å². The van der Waals surface area contributed by atoms with Crippen molar-refractivity contribution in [3.8, 4) is 23.0 Å². The second-order valence-electron chi connectivity index (χ2n) is 39.7. The first-order valence-electron chi connectivity index (χ1n) is 48.8. The number of hydrogen-bond acceptors (Lipinski definition) is 25. The van der Waals surface area contributed by atoms with E-state index in [2.05, 4.69) is 186 Å². The van der Waals surface area contributed by atoms with E-state index in [1.807, 2.05) is 34.2 Å². The van der Waals surface area contributed by atoms with Gasteiger partial charge < -0.3 is 71.4 Å². The van der Waals surface area contributed by atoms with Gasteiger partial charge in [0.05, 0.1) is 97.8 Å². The number of nitrogens with zero attached hydrogens (tertiary/aromatic N) is 13. The maximum absolute atomic E-state index is 7.32. The molecule has 0 bridgehead atoms. The Labute approximate surface area is 811 Å². The van der Waals surface area contributed by atoms with E-state index >= 15 is 0 Å². The molecule has 0 unspecified atom stereocenters. The third-order valence-corrected chi connectivity index (χ3v) is 30.6. The summed E-state index contributed by atoms with van der Waals surface area (Å²) in [7, 11) is 16.6. The number of halogens is 2. The zero-order chi connectivity index (χ0) is 90.1. The molecule has 0 spiro atoms. The van der Waals surface area contributed by atoms with Gasteiger partial charge in [-0.1, -0.05) is 20.6 Å². The standard InChI is InChI=1S/C29H39N3O4S.2C27H34N4O2S.C21H31N3O2.2ClH/c1-31(2)17-24-26(35-19-21-3-4-21)8-6-22-25(30-36-28(22)24)7-5-20-9-12-32(13-10-20)18-27-23(11-16-37-27)29-33-14-15-34-29;2*1-28-24-12-15-34-26(24)17-31-13-10-19(11-14-31)6-8-23-21-7-9-25(32-18-20-4-5-20)22(16-30(2)3)27(21)33-29-23;1-24(2)13-18-20(25-14-16-3-4-16)8-6-17-19(23-26-21(17)18)7-5-15-9-11-22-12-10-15;;/h6,8,11,16,20-21,29H,3-5,7,9-10,12-15,17-19H2,1-2H3;2*7,9,12,15,19-20H,4-6,8,10-11,13-14,16-18H2,2-3H3;6,8,15-16,22H,3-5,7,9-14H2,1-2H3;2*1H. The van der Waals surface area contributed by atoms with Crippen molar-refractivity contribution in [2.24, 2.45) is 47.3 Å². The molecule has 4 aliphatic carbocycles. The molecule has 29 heteroatoms. The molecule has 20 rings (SSSR count). The number of rotatable bonds is 39. The summed E-state index contributed by atoms with van der Waals surface area (Å²) in [5, 5.41) is 32.2. The van der Waals surface area contributed by atoms with Crippen LogP contribution >= 0.6 is 58.8 Å². The Bertz CT molecular complexity index is 5370. The summed E-state index contributed by atoms with van der Waals surface area (Å²) in [6, 6.07) is 23.1. The van der Waals surface area contributed by atoms with E-state index in [0.29, 0.717) is 25.0 Å². The third-order valence-electron chi connectivity index (χ3n) is 27.9. The molecule has 11 aromatic rings. The lowest BCUT2D eigenvalue weighted by Gasteiger charge is -2.32. The van der Waals surface area contributed by atoms with Crippen LogP contribution in [0.1, 0.15) is 200 Å². The lowest BCUT2D eigenvalue weighted by Crippen LogP contribution is -2.33. The smallest absolute Gasteiger partial charge is 0.202 e. The lowest BCUT2D eigenvalue weighted by atomic mass is 9.91. The van der Waals surface area contributed by atoms with Gasteiger partial charge in [0.15, 0.2) is 28.6 Å². The molecule has 4 aromatic carbocycles. The molecule has 9 aliphatic rings. The number of benzene rings is 4. The molecule has 0 amide bonds. The van der Waals surface area contributed by atoms with E-state index < -0.39 is 0 Å². The number of thiophene rings is 3. The Morgan fingerprint density at radius 2 is 0.639 bits per heavy atom. The van der Waals surface area contributed by atoms with Gasteiger partial charge in [0, 0.05) is 87.6 Å². The zero-order valence-corrected chi connectivity index (χ0v) is 83.6. The Morgan fingerprint density at radius 3 is 0.925 bits per heavy atom. The molecule has 133 heavy (non-hydrogen) atoms. The maximum Gasteiger partial charge on any atom is 0.202 e. The van der Waals surface area contributed by atoms with Crippen molar-refractivity contribution in [3.05, 3.63) is 171 Å². The Hall–Kier alpha value is -7.78. The average Bonchev–Trinajstić information content (AvgIpc) is 1.66. The van der Waals surface area contributed by atoms with Crippen LogP contribution in [0.25, 0.3) is 53.6 Å². The molecule has 0 atom stereocenters. The molecule has 4 saturated carbocycles. The summed E-state index contributed by atoms with van der Waals surface area (Å²) in [4.78, 5) is 27.3. The first kappa shape index (κ1) is 99.7. The van der Waals surface area contributed by atoms with Gasteiger partial charge in [-0.25, -0.2) is 9.69 Å². The number of aromatic nitrogens is 4. The van der Waals surface area contributed by atoms with Crippen LogP contribution in [0, 0.1) is 60.5 Å². The number of likely N-dealkylation sites (tertiary alicyclic amines) is 3. The summed E-state index contributed by atoms with van der Waals surface area (Å²) < 4.78 is 59.6. The van der Waals surface area contributed by atoms with Crippen molar-refractivity contribution >= 4 is 114 Å². The van der Waals surface area contributed by atoms with Gasteiger partial charge in [-0.15, -0.1) is 36.2 Å². The number of nitrogens with one attached hydrogen (secondary N) is 1. The summed E-state index contributed by atoms with van der Waals surface area (Å²) >= 11 is 5.23. The minimum Gasteiger partial charge on any atom is -0.493 e. The summed E-state index contributed by atoms with van der Waals surface area (Å²) in [6.07, 6.45) is 28.5. The third kappa shape index (κ3) is 27.6. The number of fused-ring (bicyclic) bond motifs is 4. The van der Waals surface area contributed by atoms with E-state index in [4.69, 9.17) is 59.7 Å². The van der Waals surface area contributed by atoms with Gasteiger partial charge in [0.1, 0.15) is 23.0 Å². The molecule has 7 aromatic heterocycles. The monoisotopic (exact) mass is 1910 g/mol. The molecule has 5 aliphatic heterocycles. The van der Waals surface area contributed by atoms with Crippen LogP contribution in [-0.2, 0) is 81.0 Å². The second-order valence-corrected chi connectivity index (χ2v) is 42.7. The SMILES string of the molecule is CN(C)Cc1c(OCC2CC2)ccc2c(CCC3CCN(Cc4sccc4C4OCCO4)CC3)noc12.CN(C)Cc1c(OCC2CC2)ccc2c(CCC3CCNCC3)noc12.Cl.Cl.[C-]#[N+]c1ccsc1CN1CCC(CCc2noc3c(CN(C)C)c(OCC4CC4)ccc23)CC1.[C-]#[N+]c1ccsc1CN1CCC(CCc2noc3c(CN(C)C)c(OCC4CC4)ccc23)CC1. The van der Waals surface area contributed by atoms with Crippen LogP contribution in [0.3, 0.4) is 0 Å². The Balaban J connectivity index is 0.000000136. The second kappa shape index (κ2) is 48.5. The van der Waals surface area contributed by atoms with Crippen molar-refractivity contribution < 1.29 is 46.5 Å². The summed E-state index contributed by atoms with van der Waals surface area (Å²) in [5.74, 6) is 9.67. The molecule has 718 valence electrons. The molecule has 24 nitrogen and oxygen atoms in total. The number of hydrogen-bond donors (Lipinski definition) is 1. The molecular formula is C104H140Cl2N14O10S3. The Morgan fingerprint density at radius 1 is 0.361 bits per heavy atom. The van der Waals surface area contributed by atoms with Gasteiger partial charge in [0.25, 0.3) is 0 Å². The van der Waals surface area contributed by atoms with Crippen molar-refractivity contribution in [2.75, 3.05) is 148 Å². The van der Waals surface area contributed by atoms with Crippen molar-refractivity contribution in [2.45, 2.75) is 206 Å². The first-order chi connectivity index (χ1) is 64.0. The number of aryl methyl sites for hydroxylation is 4. The van der Waals surface area contributed by atoms with Gasteiger partial charge >= 0.3 is 0 Å². The molecule has 9 fully saturated rings. The molecule has 12 heterocycles. The van der Waals surface area contributed by atoms with E-state index in [0.717, 1.165) is 328 Å². The van der Waals surface area contributed by atoms with Crippen LogP contribution in [0.5, 0.6) is 23.0 Å². The van der Waals surface area contributed by atoms with Gasteiger partial charge in [0.2, 0.25) is 11.4 Å². The lowest BCUT2D eigenvalue weighted by molar-refractivity contribution is -0.0447. The van der Waals surface area contributed by atoms with Gasteiger partial charge in [-0.05, 0) is 393 Å². The fourth-order valence-electron chi connectivity index (χ4n) is 19.2. The van der Waals surface area contributed by atoms with Crippen molar-refractivity contribution in [1.29, 1.82) is 0 Å². The normalized spacial score (nSPS) is 18.2. The molecule has 1 N–H and O–H groups in total. The zero-order valence-electron chi connectivity index (χ0n) is 79.5. The van der Waals surface area contributed by atoms with Crippen LogP contribution in [0.15, 0.2) is 101 Å². The van der Waals surface area contributed by atoms with Crippen LogP contribution in [-0.4, -0.2) is 203 Å². The minimum absolute atomic E-state index is 0. The van der Waals surface area contributed by atoms with Crippen LogP contribution in [0.2, 0.25) is 0 Å². The van der Waals surface area contributed by atoms with E-state index in [1.54, 1.807) is 22.7 Å². The number of ether oxygens (including phenoxy) is 6. The highest BCUT2D eigenvalue weighted by molar-refractivity contribution is 7.11. The summed E-state index contributed by atoms with van der Waals surface area (Å²) in [5.41, 5.74) is 15.3. The molecule has 0 radical (unpaired) electrons. The van der Waals surface area contributed by atoms with E-state index in [1.165, 1.54) is 129 Å². The van der Waals surface area contributed by atoms with Crippen LogP contribution < -0.4 is 24.3 Å². The first-order valence-corrected chi connectivity index (χ1v) is 51.4. The van der Waals surface area contributed by atoms with E-state index in [9.17, 15) is 0 Å². The average molecular weight is 1910 g/mol. The minimum atomic E-state index is -0.171. The Kier molecular flexibility index (Phi) is 36.3. The topological polar surface area (TPSA) is 203 Å². The maximum atomic E-state index is 7.32. The predicted molar refractivity (Wildman–Crippen MR) is 536 cm³/mol. The predicted octanol–water partition coefficient (Wildman–Crippen LogP) is 22.4. The fourth-order valence-corrected chi connectivity index (χ4v) is 21.9. The number of piperidine rings is 4. The van der Waals surface area contributed by atoms with Crippen molar-refractivity contribution in [1.82, 2.24) is 60.2 Å². The van der Waals surface area contributed by atoms with E-state index in [-0.39, 0.29) is 31.1 Å². The highest BCUT2D eigenvalue weighted by atomic mass is 35.5. The highest BCUT2D eigenvalue weighted by Gasteiger charge is 2.33. The summed E-state index contributed by atoms with van der Waals surface area (Å²) in [6.45, 7) is 34.2. The highest BCUT2D eigenvalue weighted by Crippen LogP contribution is 2.43. The largest absolute Gasteiger partial charge is 0.493 e. The quantitative estimate of drug-likeness (QED) is 0.0356. The fraction of sp³-hybridized carbons (Fsp3) is 0.596. The van der Waals surface area contributed by atoms with Gasteiger partial charge in [-0.2, -0.15) is 22.7 Å². The molecular weight excluding hydrogens is 1770 g/mol. The van der Waals surface area contributed by atoms with Crippen molar-refractivity contribution in [3.63, 3.8) is 0 Å².